The van der Waals surface area contributed by atoms with Gasteiger partial charge in [0, 0.05) is 21.0 Å². The standard InChI is InChI=1S/C41H31Br2ClN2O7/c1-20(47)21-11-13-24(14-12-21)45-37(49)27-16-15-26-28(32(27)39(45)51)18-30-38(50)46(25-10-6-9-23(44)17-25)40(52)41(30,22-7-4-3-5-8-22)33(26)29-19-31(53-2)36(48)35(43)34(29)42/h3-15,17,19,27-28,30,32-33,48H,16,18H2,1-2H3. The molecule has 0 aromatic heterocycles. The Morgan fingerprint density at radius 2 is 1.57 bits per heavy atom. The van der Waals surface area contributed by atoms with Crippen LogP contribution in [0.3, 0.4) is 0 Å². The van der Waals surface area contributed by atoms with E-state index in [0.717, 1.165) is 5.57 Å². The van der Waals surface area contributed by atoms with Crippen LogP contribution < -0.4 is 14.5 Å². The zero-order valence-corrected chi connectivity index (χ0v) is 32.3. The summed E-state index contributed by atoms with van der Waals surface area (Å²) in [6, 6.07) is 23.8. The molecule has 6 unspecified atom stereocenters. The second-order valence-corrected chi connectivity index (χ2v) is 15.9. The summed E-state index contributed by atoms with van der Waals surface area (Å²) in [5.41, 5.74) is 1.52. The Hall–Kier alpha value is -4.58. The molecule has 4 aromatic rings. The summed E-state index contributed by atoms with van der Waals surface area (Å²) in [6.07, 6.45) is 2.30. The second-order valence-electron chi connectivity index (χ2n) is 13.9. The molecular formula is C41H31Br2ClN2O7. The van der Waals surface area contributed by atoms with Crippen molar-refractivity contribution in [2.24, 2.45) is 23.7 Å². The van der Waals surface area contributed by atoms with E-state index in [4.69, 9.17) is 16.3 Å². The summed E-state index contributed by atoms with van der Waals surface area (Å²) >= 11 is 13.6. The summed E-state index contributed by atoms with van der Waals surface area (Å²) in [6.45, 7) is 1.45. The number of benzene rings is 4. The third-order valence-electron chi connectivity index (χ3n) is 11.4. The van der Waals surface area contributed by atoms with E-state index in [0.29, 0.717) is 42.0 Å². The lowest BCUT2D eigenvalue weighted by Crippen LogP contribution is -2.53. The van der Waals surface area contributed by atoms with Gasteiger partial charge in [0.15, 0.2) is 17.3 Å². The Kier molecular flexibility index (Phi) is 8.74. The molecule has 4 aromatic carbocycles. The van der Waals surface area contributed by atoms with Gasteiger partial charge in [-0.05, 0) is 117 Å². The van der Waals surface area contributed by atoms with Crippen molar-refractivity contribution in [3.63, 3.8) is 0 Å². The molecular weight excluding hydrogens is 828 g/mol. The van der Waals surface area contributed by atoms with Crippen LogP contribution in [0, 0.1) is 23.7 Å². The first kappa shape index (κ1) is 35.4. The van der Waals surface area contributed by atoms with Crippen molar-refractivity contribution < 1.29 is 33.8 Å². The van der Waals surface area contributed by atoms with Gasteiger partial charge in [-0.3, -0.25) is 28.9 Å². The minimum Gasteiger partial charge on any atom is -0.503 e. The molecule has 4 amide bonds. The number of carbonyl (C=O) groups is 5. The normalized spacial score (nSPS) is 26.3. The number of amides is 4. The number of imide groups is 2. The average Bonchev–Trinajstić information content (AvgIpc) is 3.55. The van der Waals surface area contributed by atoms with Crippen LogP contribution in [0.2, 0.25) is 5.02 Å². The van der Waals surface area contributed by atoms with Crippen molar-refractivity contribution in [3.8, 4) is 11.5 Å². The van der Waals surface area contributed by atoms with Gasteiger partial charge < -0.3 is 9.84 Å². The summed E-state index contributed by atoms with van der Waals surface area (Å²) in [5.74, 6) is -5.77. The van der Waals surface area contributed by atoms with E-state index in [2.05, 4.69) is 31.9 Å². The van der Waals surface area contributed by atoms with E-state index in [1.54, 1.807) is 54.6 Å². The molecule has 9 nitrogen and oxygen atoms in total. The molecule has 0 radical (unpaired) electrons. The van der Waals surface area contributed by atoms with Crippen molar-refractivity contribution in [3.05, 3.63) is 127 Å². The van der Waals surface area contributed by atoms with E-state index < -0.39 is 52.7 Å². The fourth-order valence-electron chi connectivity index (χ4n) is 9.17. The predicted molar refractivity (Wildman–Crippen MR) is 205 cm³/mol. The van der Waals surface area contributed by atoms with Gasteiger partial charge in [-0.15, -0.1) is 0 Å². The maximum atomic E-state index is 15.5. The maximum Gasteiger partial charge on any atom is 0.246 e. The minimum absolute atomic E-state index is 0.115. The Labute approximate surface area is 326 Å². The number of phenolic OH excluding ortho intramolecular Hbond substituents is 1. The number of methoxy groups -OCH3 is 1. The lowest BCUT2D eigenvalue weighted by atomic mass is 9.49. The number of aromatic hydroxyl groups is 1. The van der Waals surface area contributed by atoms with Crippen molar-refractivity contribution in [2.45, 2.75) is 31.1 Å². The van der Waals surface area contributed by atoms with Gasteiger partial charge >= 0.3 is 0 Å². The summed E-state index contributed by atoms with van der Waals surface area (Å²) in [7, 11) is 1.43. The number of anilines is 2. The fourth-order valence-corrected chi connectivity index (χ4v) is 10.3. The van der Waals surface area contributed by atoms with Gasteiger partial charge in [0.2, 0.25) is 23.6 Å². The smallest absolute Gasteiger partial charge is 0.246 e. The number of rotatable bonds is 6. The van der Waals surface area contributed by atoms with Crippen LogP contribution in [-0.2, 0) is 24.6 Å². The van der Waals surface area contributed by atoms with Crippen molar-refractivity contribution in [1.82, 2.24) is 0 Å². The molecule has 2 heterocycles. The van der Waals surface area contributed by atoms with E-state index in [9.17, 15) is 24.3 Å². The molecule has 2 aliphatic heterocycles. The van der Waals surface area contributed by atoms with Gasteiger partial charge in [0.1, 0.15) is 0 Å². The molecule has 12 heteroatoms. The Bertz CT molecular complexity index is 2300. The van der Waals surface area contributed by atoms with Gasteiger partial charge in [-0.1, -0.05) is 59.6 Å². The number of nitrogens with zero attached hydrogens (tertiary/aromatic N) is 2. The summed E-state index contributed by atoms with van der Waals surface area (Å²) in [5, 5.41) is 11.4. The van der Waals surface area contributed by atoms with Crippen molar-refractivity contribution >= 4 is 84.2 Å². The molecule has 0 spiro atoms. The second kappa shape index (κ2) is 13.1. The van der Waals surface area contributed by atoms with Crippen LogP contribution in [-0.4, -0.2) is 41.6 Å². The lowest BCUT2D eigenvalue weighted by molar-refractivity contribution is -0.127. The molecule has 1 saturated carbocycles. The van der Waals surface area contributed by atoms with Crippen LogP contribution >= 0.6 is 43.5 Å². The Morgan fingerprint density at radius 3 is 2.23 bits per heavy atom. The number of allylic oxidation sites excluding steroid dienone is 2. The summed E-state index contributed by atoms with van der Waals surface area (Å²) in [4.78, 5) is 73.6. The first-order valence-corrected chi connectivity index (χ1v) is 19.0. The topological polar surface area (TPSA) is 121 Å². The molecule has 6 atom stereocenters. The molecule has 2 aliphatic carbocycles. The van der Waals surface area contributed by atoms with Crippen LogP contribution in [0.5, 0.6) is 11.5 Å². The highest BCUT2D eigenvalue weighted by Crippen LogP contribution is 2.66. The quantitative estimate of drug-likeness (QED) is 0.118. The van der Waals surface area contributed by atoms with E-state index in [1.807, 2.05) is 36.4 Å². The molecule has 53 heavy (non-hydrogen) atoms. The van der Waals surface area contributed by atoms with E-state index >= 15 is 4.79 Å². The highest BCUT2D eigenvalue weighted by atomic mass is 79.9. The number of fused-ring (bicyclic) bond motifs is 4. The van der Waals surface area contributed by atoms with Crippen LogP contribution in [0.15, 0.2) is 106 Å². The van der Waals surface area contributed by atoms with Crippen LogP contribution in [0.4, 0.5) is 11.4 Å². The number of hydrogen-bond acceptors (Lipinski definition) is 7. The number of ether oxygens (including phenoxy) is 1. The number of phenols is 1. The molecule has 2 saturated heterocycles. The fraction of sp³-hybridized carbons (Fsp3) is 0.244. The first-order valence-electron chi connectivity index (χ1n) is 17.0. The highest BCUT2D eigenvalue weighted by molar-refractivity contribution is 9.13. The van der Waals surface area contributed by atoms with Gasteiger partial charge in [-0.2, -0.15) is 0 Å². The Morgan fingerprint density at radius 1 is 0.849 bits per heavy atom. The molecule has 268 valence electrons. The van der Waals surface area contributed by atoms with E-state index in [1.165, 1.54) is 23.8 Å². The van der Waals surface area contributed by atoms with Crippen molar-refractivity contribution in [2.75, 3.05) is 16.9 Å². The lowest BCUT2D eigenvalue weighted by Gasteiger charge is -2.51. The van der Waals surface area contributed by atoms with Gasteiger partial charge in [0.25, 0.3) is 0 Å². The first-order chi connectivity index (χ1) is 25.4. The minimum atomic E-state index is -1.52. The third kappa shape index (κ3) is 5.11. The maximum absolute atomic E-state index is 15.5. The number of Topliss-reactive ketones (excluding diaryl/α,β-unsaturated/α-hetero) is 1. The monoisotopic (exact) mass is 856 g/mol. The van der Waals surface area contributed by atoms with Gasteiger partial charge in [0.05, 0.1) is 46.1 Å². The average molecular weight is 859 g/mol. The summed E-state index contributed by atoms with van der Waals surface area (Å²) < 4.78 is 6.35. The van der Waals surface area contributed by atoms with Gasteiger partial charge in [-0.25, -0.2) is 4.90 Å². The molecule has 0 bridgehead atoms. The third-order valence-corrected chi connectivity index (χ3v) is 13.8. The number of ketones is 1. The number of hydrogen-bond donors (Lipinski definition) is 1. The molecule has 4 aliphatic rings. The molecule has 3 fully saturated rings. The van der Waals surface area contributed by atoms with Crippen LogP contribution in [0.25, 0.3) is 0 Å². The predicted octanol–water partition coefficient (Wildman–Crippen LogP) is 8.15. The molecule has 1 N–H and O–H groups in total. The van der Waals surface area contributed by atoms with E-state index in [-0.39, 0.29) is 36.0 Å². The molecule has 8 rings (SSSR count). The zero-order chi connectivity index (χ0) is 37.5. The van der Waals surface area contributed by atoms with Crippen molar-refractivity contribution in [1.29, 1.82) is 0 Å². The zero-order valence-electron chi connectivity index (χ0n) is 28.4. The largest absolute Gasteiger partial charge is 0.503 e. The SMILES string of the molecule is COc1cc(C2C3=CCC4C(=O)N(c5ccc(C(C)=O)cc5)C(=O)C4C3CC3C(=O)N(c4cccc(Cl)c4)C(=O)C32c2ccccc2)c(Br)c(Br)c1O. The number of carbonyl (C=O) groups excluding carboxylic acids is 5. The number of halogens is 3. The Balaban J connectivity index is 1.37. The highest BCUT2D eigenvalue weighted by Gasteiger charge is 2.70. The van der Waals surface area contributed by atoms with Crippen LogP contribution in [0.1, 0.15) is 47.2 Å².